The number of hydrogen-bond donors (Lipinski definition) is 3. The minimum absolute atomic E-state index is 0.0325. The lowest BCUT2D eigenvalue weighted by Gasteiger charge is -2.22. The van der Waals surface area contributed by atoms with Gasteiger partial charge in [-0.15, -0.1) is 0 Å². The molecule has 4 N–H and O–H groups in total. The van der Waals surface area contributed by atoms with E-state index in [0.717, 1.165) is 5.56 Å². The normalized spacial score (nSPS) is 14.5. The fourth-order valence-corrected chi connectivity index (χ4v) is 1.95. The maximum atomic E-state index is 10.0. The van der Waals surface area contributed by atoms with Crippen LogP contribution < -0.4 is 10.5 Å². The molecule has 4 nitrogen and oxygen atoms in total. The Balaban J connectivity index is 3.35. The molecule has 0 fully saturated rings. The molecule has 0 amide bonds. The lowest BCUT2D eigenvalue weighted by molar-refractivity contribution is 0.0225. The van der Waals surface area contributed by atoms with E-state index in [4.69, 9.17) is 22.1 Å². The van der Waals surface area contributed by atoms with Gasteiger partial charge in [-0.2, -0.15) is 0 Å². The van der Waals surface area contributed by atoms with Crippen LogP contribution in [0.5, 0.6) is 5.75 Å². The van der Waals surface area contributed by atoms with Gasteiger partial charge in [0.25, 0.3) is 0 Å². The summed E-state index contributed by atoms with van der Waals surface area (Å²) in [6.45, 7) is 3.60. The van der Waals surface area contributed by atoms with Gasteiger partial charge < -0.3 is 20.7 Å². The van der Waals surface area contributed by atoms with Crippen LogP contribution in [-0.4, -0.2) is 30.0 Å². The Hall–Kier alpha value is -0.810. The number of aliphatic hydroxyl groups excluding tert-OH is 2. The fraction of sp³-hybridized carbons (Fsp3) is 0.500. The number of nitrogens with two attached hydrogens (primary N) is 1. The smallest absolute Gasteiger partial charge is 0.125 e. The van der Waals surface area contributed by atoms with Crippen LogP contribution in [0, 0.1) is 13.8 Å². The molecule has 17 heavy (non-hydrogen) atoms. The number of benzene rings is 1. The van der Waals surface area contributed by atoms with Crippen molar-refractivity contribution in [3.63, 3.8) is 0 Å². The van der Waals surface area contributed by atoms with Gasteiger partial charge in [0.15, 0.2) is 0 Å². The monoisotopic (exact) mass is 259 g/mol. The van der Waals surface area contributed by atoms with Crippen LogP contribution in [0.3, 0.4) is 0 Å². The highest BCUT2D eigenvalue weighted by Gasteiger charge is 2.24. The van der Waals surface area contributed by atoms with E-state index in [1.165, 1.54) is 7.11 Å². The van der Waals surface area contributed by atoms with Gasteiger partial charge >= 0.3 is 0 Å². The third kappa shape index (κ3) is 2.72. The zero-order valence-electron chi connectivity index (χ0n) is 10.2. The average molecular weight is 260 g/mol. The maximum Gasteiger partial charge on any atom is 0.125 e. The average Bonchev–Trinajstić information content (AvgIpc) is 2.33. The van der Waals surface area contributed by atoms with Gasteiger partial charge in [0.2, 0.25) is 0 Å². The molecule has 1 aromatic carbocycles. The predicted molar refractivity (Wildman–Crippen MR) is 67.5 cm³/mol. The van der Waals surface area contributed by atoms with Crippen LogP contribution >= 0.6 is 11.6 Å². The molecular weight excluding hydrogens is 242 g/mol. The van der Waals surface area contributed by atoms with Gasteiger partial charge in [0, 0.05) is 17.1 Å². The number of aryl methyl sites for hydroxylation is 1. The fourth-order valence-electron chi connectivity index (χ4n) is 1.79. The number of ether oxygens (including phenoxy) is 1. The van der Waals surface area contributed by atoms with Crippen molar-refractivity contribution in [2.24, 2.45) is 5.73 Å². The number of aliphatic hydroxyl groups is 2. The molecule has 5 heteroatoms. The molecule has 2 atom stereocenters. The first-order valence-electron chi connectivity index (χ1n) is 5.33. The van der Waals surface area contributed by atoms with Gasteiger partial charge in [-0.05, 0) is 31.0 Å². The summed E-state index contributed by atoms with van der Waals surface area (Å²) >= 11 is 6.12. The summed E-state index contributed by atoms with van der Waals surface area (Å²) in [5.41, 5.74) is 7.38. The highest BCUT2D eigenvalue weighted by atomic mass is 35.5. The number of methoxy groups -OCH3 is 1. The summed E-state index contributed by atoms with van der Waals surface area (Å²) < 4.78 is 5.21. The molecule has 1 rings (SSSR count). The minimum Gasteiger partial charge on any atom is -0.496 e. The lowest BCUT2D eigenvalue weighted by atomic mass is 9.96. The third-order valence-electron chi connectivity index (χ3n) is 2.81. The molecule has 0 aliphatic heterocycles. The highest BCUT2D eigenvalue weighted by molar-refractivity contribution is 6.32. The van der Waals surface area contributed by atoms with Gasteiger partial charge in [-0.1, -0.05) is 11.6 Å². The first-order valence-corrected chi connectivity index (χ1v) is 5.71. The first kappa shape index (κ1) is 14.3. The molecule has 0 heterocycles. The topological polar surface area (TPSA) is 75.7 Å². The molecule has 0 radical (unpaired) electrons. The summed E-state index contributed by atoms with van der Waals surface area (Å²) in [6, 6.07) is 1.73. The maximum absolute atomic E-state index is 10.0. The minimum atomic E-state index is -1.10. The van der Waals surface area contributed by atoms with Crippen LogP contribution in [0.25, 0.3) is 0 Å². The summed E-state index contributed by atoms with van der Waals surface area (Å²) in [6.07, 6.45) is -2.14. The van der Waals surface area contributed by atoms with E-state index in [9.17, 15) is 10.2 Å². The van der Waals surface area contributed by atoms with Gasteiger partial charge in [-0.3, -0.25) is 0 Å². The van der Waals surface area contributed by atoms with Crippen molar-refractivity contribution in [1.29, 1.82) is 0 Å². The molecule has 0 aliphatic rings. The molecule has 0 aliphatic carbocycles. The van der Waals surface area contributed by atoms with Gasteiger partial charge in [0.05, 0.1) is 13.2 Å². The van der Waals surface area contributed by atoms with Crippen LogP contribution in [0.1, 0.15) is 22.8 Å². The molecule has 0 saturated heterocycles. The molecular formula is C12H18ClNO3. The van der Waals surface area contributed by atoms with Crippen molar-refractivity contribution in [3.05, 3.63) is 27.8 Å². The van der Waals surface area contributed by atoms with Crippen LogP contribution in [-0.2, 0) is 0 Å². The Morgan fingerprint density at radius 3 is 2.47 bits per heavy atom. The quantitative estimate of drug-likeness (QED) is 0.762. The van der Waals surface area contributed by atoms with Crippen molar-refractivity contribution in [1.82, 2.24) is 0 Å². The lowest BCUT2D eigenvalue weighted by Crippen LogP contribution is -2.28. The van der Waals surface area contributed by atoms with E-state index >= 15 is 0 Å². The SMILES string of the molecule is COc1cc(C)c(Cl)c(C)c1C(O)C(O)CN. The van der Waals surface area contributed by atoms with E-state index in [1.807, 2.05) is 6.92 Å². The Morgan fingerprint density at radius 2 is 2.00 bits per heavy atom. The van der Waals surface area contributed by atoms with Crippen LogP contribution in [0.2, 0.25) is 5.02 Å². The van der Waals surface area contributed by atoms with Crippen LogP contribution in [0.15, 0.2) is 6.07 Å². The predicted octanol–water partition coefficient (Wildman–Crippen LogP) is 1.32. The van der Waals surface area contributed by atoms with Crippen LogP contribution in [0.4, 0.5) is 0 Å². The van der Waals surface area contributed by atoms with E-state index in [2.05, 4.69) is 0 Å². The second-order valence-corrected chi connectivity index (χ2v) is 4.37. The van der Waals surface area contributed by atoms with Crippen molar-refractivity contribution in [2.75, 3.05) is 13.7 Å². The Bertz CT molecular complexity index is 409. The molecule has 0 aromatic heterocycles. The van der Waals surface area contributed by atoms with E-state index < -0.39 is 12.2 Å². The Kier molecular flexibility index (Phi) is 4.77. The van der Waals surface area contributed by atoms with Gasteiger partial charge in [0.1, 0.15) is 11.9 Å². The Morgan fingerprint density at radius 1 is 1.41 bits per heavy atom. The molecule has 2 unspecified atom stereocenters. The summed E-state index contributed by atoms with van der Waals surface area (Å²) in [5, 5.41) is 20.2. The van der Waals surface area contributed by atoms with E-state index in [0.29, 0.717) is 21.9 Å². The zero-order chi connectivity index (χ0) is 13.2. The zero-order valence-corrected chi connectivity index (χ0v) is 11.0. The van der Waals surface area contributed by atoms with Crippen molar-refractivity contribution in [2.45, 2.75) is 26.1 Å². The number of hydrogen-bond acceptors (Lipinski definition) is 4. The van der Waals surface area contributed by atoms with E-state index in [-0.39, 0.29) is 6.54 Å². The summed E-state index contributed by atoms with van der Waals surface area (Å²) in [4.78, 5) is 0. The Labute approximate surface area is 106 Å². The molecule has 0 spiro atoms. The summed E-state index contributed by atoms with van der Waals surface area (Å²) in [5.74, 6) is 0.504. The molecule has 0 saturated carbocycles. The standard InChI is InChI=1S/C12H18ClNO3/c1-6-4-9(17-3)10(7(2)11(6)13)12(16)8(15)5-14/h4,8,12,15-16H,5,14H2,1-3H3. The van der Waals surface area contributed by atoms with Gasteiger partial charge in [-0.25, -0.2) is 0 Å². The number of rotatable bonds is 4. The molecule has 96 valence electrons. The van der Waals surface area contributed by atoms with E-state index in [1.54, 1.807) is 13.0 Å². The van der Waals surface area contributed by atoms with Crippen molar-refractivity contribution in [3.8, 4) is 5.75 Å². The highest BCUT2D eigenvalue weighted by Crippen LogP contribution is 2.36. The third-order valence-corrected chi connectivity index (χ3v) is 3.40. The summed E-state index contributed by atoms with van der Waals surface area (Å²) in [7, 11) is 1.51. The number of halogens is 1. The second-order valence-electron chi connectivity index (χ2n) is 4.00. The van der Waals surface area contributed by atoms with Crippen molar-refractivity contribution >= 4 is 11.6 Å². The largest absolute Gasteiger partial charge is 0.496 e. The molecule has 1 aromatic rings. The molecule has 0 bridgehead atoms. The first-order chi connectivity index (χ1) is 7.93. The van der Waals surface area contributed by atoms with Crippen molar-refractivity contribution < 1.29 is 14.9 Å². The second kappa shape index (κ2) is 5.69.